The zero-order valence-electron chi connectivity index (χ0n) is 12.9. The van der Waals surface area contributed by atoms with Gasteiger partial charge in [-0.1, -0.05) is 19.3 Å². The standard InChI is InChI=1S/C17H26N4/c1-2-7-15(6-1)20-8-10-21(11-9-20)17-12-16(18-13-19-17)14-4-3-5-14/h12-15H,1-11H2. The van der Waals surface area contributed by atoms with Crippen LogP contribution in [0.5, 0.6) is 0 Å². The lowest BCUT2D eigenvalue weighted by Crippen LogP contribution is -2.50. The number of anilines is 1. The van der Waals surface area contributed by atoms with E-state index < -0.39 is 0 Å². The van der Waals surface area contributed by atoms with Crippen LogP contribution in [0.25, 0.3) is 0 Å². The fourth-order valence-corrected chi connectivity index (χ4v) is 4.05. The van der Waals surface area contributed by atoms with Crippen LogP contribution in [0.4, 0.5) is 5.82 Å². The first-order chi connectivity index (χ1) is 10.4. The maximum atomic E-state index is 4.52. The summed E-state index contributed by atoms with van der Waals surface area (Å²) >= 11 is 0. The average molecular weight is 286 g/mol. The molecule has 114 valence electrons. The molecule has 0 atom stereocenters. The molecular formula is C17H26N4. The highest BCUT2D eigenvalue weighted by Gasteiger charge is 2.27. The third-order valence-corrected chi connectivity index (χ3v) is 5.68. The van der Waals surface area contributed by atoms with E-state index in [1.54, 1.807) is 6.33 Å². The van der Waals surface area contributed by atoms with E-state index in [1.165, 1.54) is 63.7 Å². The first-order valence-corrected chi connectivity index (χ1v) is 8.71. The van der Waals surface area contributed by atoms with E-state index in [4.69, 9.17) is 0 Å². The number of nitrogens with zero attached hydrogens (tertiary/aromatic N) is 4. The van der Waals surface area contributed by atoms with E-state index in [2.05, 4.69) is 25.8 Å². The Morgan fingerprint density at radius 3 is 2.29 bits per heavy atom. The number of rotatable bonds is 3. The molecule has 0 aromatic carbocycles. The fourth-order valence-electron chi connectivity index (χ4n) is 4.05. The largest absolute Gasteiger partial charge is 0.354 e. The molecule has 2 saturated carbocycles. The van der Waals surface area contributed by atoms with Crippen LogP contribution in [0.3, 0.4) is 0 Å². The molecule has 0 unspecified atom stereocenters. The number of hydrogen-bond acceptors (Lipinski definition) is 4. The first kappa shape index (κ1) is 13.5. The molecule has 3 aliphatic rings. The van der Waals surface area contributed by atoms with Crippen LogP contribution in [0, 0.1) is 0 Å². The van der Waals surface area contributed by atoms with Crippen LogP contribution in [-0.2, 0) is 0 Å². The van der Waals surface area contributed by atoms with E-state index in [0.717, 1.165) is 24.9 Å². The minimum atomic E-state index is 0.700. The van der Waals surface area contributed by atoms with Crippen LogP contribution < -0.4 is 4.90 Å². The van der Waals surface area contributed by atoms with E-state index in [1.807, 2.05) is 0 Å². The first-order valence-electron chi connectivity index (χ1n) is 8.71. The van der Waals surface area contributed by atoms with Crippen LogP contribution >= 0.6 is 0 Å². The summed E-state index contributed by atoms with van der Waals surface area (Å²) in [5.74, 6) is 1.85. The van der Waals surface area contributed by atoms with Crippen molar-refractivity contribution in [2.45, 2.75) is 56.9 Å². The molecule has 4 nitrogen and oxygen atoms in total. The summed E-state index contributed by atoms with van der Waals surface area (Å²) in [5, 5.41) is 0. The van der Waals surface area contributed by atoms with E-state index in [0.29, 0.717) is 5.92 Å². The number of piperazine rings is 1. The summed E-state index contributed by atoms with van der Waals surface area (Å²) in [4.78, 5) is 14.2. The van der Waals surface area contributed by atoms with Crippen molar-refractivity contribution in [3.05, 3.63) is 18.1 Å². The van der Waals surface area contributed by atoms with Gasteiger partial charge in [-0.05, 0) is 25.7 Å². The molecule has 2 heterocycles. The summed E-state index contributed by atoms with van der Waals surface area (Å²) in [6.07, 6.45) is 11.5. The Kier molecular flexibility index (Phi) is 3.80. The van der Waals surface area contributed by atoms with Gasteiger partial charge in [-0.25, -0.2) is 9.97 Å². The smallest absolute Gasteiger partial charge is 0.132 e. The molecule has 0 amide bonds. The Morgan fingerprint density at radius 1 is 0.857 bits per heavy atom. The molecule has 1 aromatic rings. The van der Waals surface area contributed by atoms with Gasteiger partial charge in [0, 0.05) is 49.9 Å². The zero-order valence-corrected chi connectivity index (χ0v) is 12.9. The second-order valence-corrected chi connectivity index (χ2v) is 6.89. The second-order valence-electron chi connectivity index (χ2n) is 6.89. The third kappa shape index (κ3) is 2.78. The minimum Gasteiger partial charge on any atom is -0.354 e. The lowest BCUT2D eigenvalue weighted by atomic mass is 9.83. The van der Waals surface area contributed by atoms with Gasteiger partial charge in [0.05, 0.1) is 0 Å². The number of aromatic nitrogens is 2. The molecule has 1 aliphatic heterocycles. The van der Waals surface area contributed by atoms with Gasteiger partial charge in [0.2, 0.25) is 0 Å². The van der Waals surface area contributed by atoms with Gasteiger partial charge in [-0.3, -0.25) is 4.90 Å². The monoisotopic (exact) mass is 286 g/mol. The van der Waals surface area contributed by atoms with Crippen molar-refractivity contribution < 1.29 is 0 Å². The highest BCUT2D eigenvalue weighted by Crippen LogP contribution is 2.36. The topological polar surface area (TPSA) is 32.3 Å². The van der Waals surface area contributed by atoms with Gasteiger partial charge in [0.1, 0.15) is 12.1 Å². The Balaban J connectivity index is 1.39. The van der Waals surface area contributed by atoms with E-state index >= 15 is 0 Å². The Labute approximate surface area is 127 Å². The predicted molar refractivity (Wildman–Crippen MR) is 84.7 cm³/mol. The number of hydrogen-bond donors (Lipinski definition) is 0. The Hall–Kier alpha value is -1.16. The molecule has 4 rings (SSSR count). The summed E-state index contributed by atoms with van der Waals surface area (Å²) in [7, 11) is 0. The summed E-state index contributed by atoms with van der Waals surface area (Å²) in [5.41, 5.74) is 1.27. The van der Waals surface area contributed by atoms with Crippen molar-refractivity contribution in [1.82, 2.24) is 14.9 Å². The van der Waals surface area contributed by atoms with Crippen molar-refractivity contribution in [3.8, 4) is 0 Å². The Bertz CT molecular complexity index is 471. The normalized spacial score (nSPS) is 25.2. The molecule has 0 bridgehead atoms. The lowest BCUT2D eigenvalue weighted by Gasteiger charge is -2.38. The predicted octanol–water partition coefficient (Wildman–Crippen LogP) is 2.81. The average Bonchev–Trinajstić information content (AvgIpc) is 3.00. The molecule has 0 spiro atoms. The molecule has 3 fully saturated rings. The molecule has 4 heteroatoms. The Morgan fingerprint density at radius 2 is 1.62 bits per heavy atom. The minimum absolute atomic E-state index is 0.700. The molecule has 0 N–H and O–H groups in total. The highest BCUT2D eigenvalue weighted by molar-refractivity contribution is 5.40. The summed E-state index contributed by atoms with van der Waals surface area (Å²) in [6.45, 7) is 4.65. The van der Waals surface area contributed by atoms with Crippen molar-refractivity contribution in [1.29, 1.82) is 0 Å². The van der Waals surface area contributed by atoms with E-state index in [9.17, 15) is 0 Å². The lowest BCUT2D eigenvalue weighted by molar-refractivity contribution is 0.187. The third-order valence-electron chi connectivity index (χ3n) is 5.68. The maximum absolute atomic E-state index is 4.52. The highest BCUT2D eigenvalue weighted by atomic mass is 15.3. The van der Waals surface area contributed by atoms with Gasteiger partial charge in [0.15, 0.2) is 0 Å². The summed E-state index contributed by atoms with van der Waals surface area (Å²) in [6, 6.07) is 3.11. The molecule has 0 radical (unpaired) electrons. The van der Waals surface area contributed by atoms with Gasteiger partial charge in [-0.15, -0.1) is 0 Å². The fraction of sp³-hybridized carbons (Fsp3) is 0.765. The van der Waals surface area contributed by atoms with Gasteiger partial charge in [0.25, 0.3) is 0 Å². The maximum Gasteiger partial charge on any atom is 0.132 e. The zero-order chi connectivity index (χ0) is 14.1. The van der Waals surface area contributed by atoms with Crippen LogP contribution in [0.2, 0.25) is 0 Å². The van der Waals surface area contributed by atoms with Crippen molar-refractivity contribution in [3.63, 3.8) is 0 Å². The van der Waals surface area contributed by atoms with E-state index in [-0.39, 0.29) is 0 Å². The van der Waals surface area contributed by atoms with Gasteiger partial charge in [-0.2, -0.15) is 0 Å². The van der Waals surface area contributed by atoms with Gasteiger partial charge < -0.3 is 4.90 Å². The SMILES string of the molecule is c1nc(C2CCC2)cc(N2CCN(C3CCCC3)CC2)n1. The molecule has 2 aliphatic carbocycles. The van der Waals surface area contributed by atoms with Gasteiger partial charge >= 0.3 is 0 Å². The summed E-state index contributed by atoms with van der Waals surface area (Å²) < 4.78 is 0. The molecular weight excluding hydrogens is 260 g/mol. The molecule has 1 aromatic heterocycles. The van der Waals surface area contributed by atoms with Crippen LogP contribution in [-0.4, -0.2) is 47.1 Å². The van der Waals surface area contributed by atoms with Crippen LogP contribution in [0.1, 0.15) is 56.6 Å². The quantitative estimate of drug-likeness (QED) is 0.855. The van der Waals surface area contributed by atoms with Crippen molar-refractivity contribution in [2.75, 3.05) is 31.1 Å². The molecule has 21 heavy (non-hydrogen) atoms. The van der Waals surface area contributed by atoms with Crippen molar-refractivity contribution >= 4 is 5.82 Å². The molecule has 1 saturated heterocycles. The van der Waals surface area contributed by atoms with Crippen LogP contribution in [0.15, 0.2) is 12.4 Å². The second kappa shape index (κ2) is 5.91. The van der Waals surface area contributed by atoms with Crippen molar-refractivity contribution in [2.24, 2.45) is 0 Å².